The van der Waals surface area contributed by atoms with Gasteiger partial charge in [0.25, 0.3) is 0 Å². The summed E-state index contributed by atoms with van der Waals surface area (Å²) in [5, 5.41) is 0. The molecular formula is C14H23N3. The predicted molar refractivity (Wildman–Crippen MR) is 73.3 cm³/mol. The number of hydrogen-bond acceptors (Lipinski definition) is 3. The average Bonchev–Trinajstić information content (AvgIpc) is 2.78. The molecule has 0 amide bonds. The second-order valence-electron chi connectivity index (χ2n) is 5.23. The van der Waals surface area contributed by atoms with Crippen LogP contribution < -0.4 is 10.6 Å². The highest BCUT2D eigenvalue weighted by atomic mass is 15.2. The Morgan fingerprint density at radius 3 is 2.41 bits per heavy atom. The first-order valence-electron chi connectivity index (χ1n) is 6.35. The first kappa shape index (κ1) is 12.4. The van der Waals surface area contributed by atoms with Crippen LogP contribution in [0.4, 0.5) is 5.69 Å². The SMILES string of the molecule is C[C@H](N)c1ccc(N2CCC(N(C)C)C2)cc1. The summed E-state index contributed by atoms with van der Waals surface area (Å²) in [4.78, 5) is 4.77. The number of benzene rings is 1. The fourth-order valence-corrected chi connectivity index (χ4v) is 2.39. The van der Waals surface area contributed by atoms with E-state index >= 15 is 0 Å². The summed E-state index contributed by atoms with van der Waals surface area (Å²) in [7, 11) is 4.32. The molecule has 1 saturated heterocycles. The van der Waals surface area contributed by atoms with Gasteiger partial charge in [0.05, 0.1) is 0 Å². The molecule has 2 rings (SSSR count). The van der Waals surface area contributed by atoms with Crippen LogP contribution in [0.15, 0.2) is 24.3 Å². The van der Waals surface area contributed by atoms with Gasteiger partial charge in [-0.25, -0.2) is 0 Å². The van der Waals surface area contributed by atoms with E-state index in [4.69, 9.17) is 5.73 Å². The van der Waals surface area contributed by atoms with E-state index < -0.39 is 0 Å². The highest BCUT2D eigenvalue weighted by molar-refractivity contribution is 5.49. The maximum absolute atomic E-state index is 5.86. The van der Waals surface area contributed by atoms with Crippen molar-refractivity contribution >= 4 is 5.69 Å². The Morgan fingerprint density at radius 2 is 1.94 bits per heavy atom. The Kier molecular flexibility index (Phi) is 3.69. The van der Waals surface area contributed by atoms with Gasteiger partial charge in [0.15, 0.2) is 0 Å². The molecule has 0 aromatic heterocycles. The van der Waals surface area contributed by atoms with Crippen molar-refractivity contribution < 1.29 is 0 Å². The lowest BCUT2D eigenvalue weighted by Gasteiger charge is -2.22. The van der Waals surface area contributed by atoms with E-state index in [1.807, 2.05) is 6.92 Å². The van der Waals surface area contributed by atoms with Gasteiger partial charge in [0, 0.05) is 30.9 Å². The molecule has 0 saturated carbocycles. The van der Waals surface area contributed by atoms with E-state index in [9.17, 15) is 0 Å². The maximum atomic E-state index is 5.86. The summed E-state index contributed by atoms with van der Waals surface area (Å²) >= 11 is 0. The van der Waals surface area contributed by atoms with Crippen molar-refractivity contribution in [2.45, 2.75) is 25.4 Å². The number of rotatable bonds is 3. The van der Waals surface area contributed by atoms with Crippen LogP contribution >= 0.6 is 0 Å². The molecule has 0 radical (unpaired) electrons. The number of nitrogens with zero attached hydrogens (tertiary/aromatic N) is 2. The van der Waals surface area contributed by atoms with Crippen LogP contribution in [-0.2, 0) is 0 Å². The summed E-state index contributed by atoms with van der Waals surface area (Å²) < 4.78 is 0. The molecule has 1 fully saturated rings. The maximum Gasteiger partial charge on any atom is 0.0366 e. The third-order valence-corrected chi connectivity index (χ3v) is 3.68. The van der Waals surface area contributed by atoms with Crippen LogP contribution in [0.5, 0.6) is 0 Å². The molecule has 0 aliphatic carbocycles. The highest BCUT2D eigenvalue weighted by Crippen LogP contribution is 2.23. The van der Waals surface area contributed by atoms with E-state index in [1.54, 1.807) is 0 Å². The molecule has 0 spiro atoms. The lowest BCUT2D eigenvalue weighted by atomic mass is 10.1. The molecule has 1 unspecified atom stereocenters. The molecule has 2 N–H and O–H groups in total. The quantitative estimate of drug-likeness (QED) is 0.864. The molecule has 3 heteroatoms. The summed E-state index contributed by atoms with van der Waals surface area (Å²) in [6.45, 7) is 4.30. The number of nitrogens with two attached hydrogens (primary N) is 1. The van der Waals surface area contributed by atoms with Crippen molar-refractivity contribution in [2.24, 2.45) is 5.73 Å². The molecule has 0 bridgehead atoms. The van der Waals surface area contributed by atoms with E-state index in [-0.39, 0.29) is 6.04 Å². The minimum absolute atomic E-state index is 0.122. The average molecular weight is 233 g/mol. The molecule has 3 nitrogen and oxygen atoms in total. The summed E-state index contributed by atoms with van der Waals surface area (Å²) in [5.74, 6) is 0. The van der Waals surface area contributed by atoms with Crippen molar-refractivity contribution in [3.8, 4) is 0 Å². The van der Waals surface area contributed by atoms with Gasteiger partial charge >= 0.3 is 0 Å². The van der Waals surface area contributed by atoms with E-state index in [0.29, 0.717) is 6.04 Å². The second kappa shape index (κ2) is 5.07. The molecular weight excluding hydrogens is 210 g/mol. The smallest absolute Gasteiger partial charge is 0.0366 e. The summed E-state index contributed by atoms with van der Waals surface area (Å²) in [5.41, 5.74) is 8.38. The lowest BCUT2D eigenvalue weighted by molar-refractivity contribution is 0.315. The minimum atomic E-state index is 0.122. The molecule has 1 aliphatic rings. The van der Waals surface area contributed by atoms with Gasteiger partial charge in [0.2, 0.25) is 0 Å². The number of likely N-dealkylation sites (N-methyl/N-ethyl adjacent to an activating group) is 1. The Morgan fingerprint density at radius 1 is 1.29 bits per heavy atom. The van der Waals surface area contributed by atoms with Crippen molar-refractivity contribution in [3.05, 3.63) is 29.8 Å². The van der Waals surface area contributed by atoms with Crippen molar-refractivity contribution in [1.82, 2.24) is 4.90 Å². The van der Waals surface area contributed by atoms with Gasteiger partial charge in [-0.1, -0.05) is 12.1 Å². The monoisotopic (exact) mass is 233 g/mol. The van der Waals surface area contributed by atoms with Crippen molar-refractivity contribution in [3.63, 3.8) is 0 Å². The second-order valence-corrected chi connectivity index (χ2v) is 5.23. The Balaban J connectivity index is 2.04. The molecule has 1 aromatic rings. The zero-order chi connectivity index (χ0) is 12.4. The van der Waals surface area contributed by atoms with Crippen LogP contribution in [0.25, 0.3) is 0 Å². The van der Waals surface area contributed by atoms with Gasteiger partial charge in [-0.15, -0.1) is 0 Å². The Bertz CT molecular complexity index is 356. The molecule has 1 aliphatic heterocycles. The normalized spacial score (nSPS) is 22.2. The van der Waals surface area contributed by atoms with Crippen LogP contribution in [-0.4, -0.2) is 38.1 Å². The van der Waals surface area contributed by atoms with Crippen molar-refractivity contribution in [2.75, 3.05) is 32.1 Å². The Hall–Kier alpha value is -1.06. The van der Waals surface area contributed by atoms with Crippen LogP contribution in [0.2, 0.25) is 0 Å². The first-order valence-corrected chi connectivity index (χ1v) is 6.35. The fraction of sp³-hybridized carbons (Fsp3) is 0.571. The molecule has 1 heterocycles. The third kappa shape index (κ3) is 2.79. The Labute approximate surface area is 104 Å². The van der Waals surface area contributed by atoms with Crippen molar-refractivity contribution in [1.29, 1.82) is 0 Å². The van der Waals surface area contributed by atoms with Gasteiger partial charge in [-0.05, 0) is 45.1 Å². The van der Waals surface area contributed by atoms with Gasteiger partial charge in [-0.2, -0.15) is 0 Å². The summed E-state index contributed by atoms with van der Waals surface area (Å²) in [6.07, 6.45) is 1.25. The predicted octanol–water partition coefficient (Wildman–Crippen LogP) is 1.85. The lowest BCUT2D eigenvalue weighted by Crippen LogP contribution is -2.31. The van der Waals surface area contributed by atoms with Gasteiger partial charge < -0.3 is 15.5 Å². The van der Waals surface area contributed by atoms with E-state index in [0.717, 1.165) is 13.1 Å². The van der Waals surface area contributed by atoms with Crippen LogP contribution in [0.1, 0.15) is 24.9 Å². The fourth-order valence-electron chi connectivity index (χ4n) is 2.39. The molecule has 2 atom stereocenters. The van der Waals surface area contributed by atoms with Crippen LogP contribution in [0, 0.1) is 0 Å². The highest BCUT2D eigenvalue weighted by Gasteiger charge is 2.23. The third-order valence-electron chi connectivity index (χ3n) is 3.68. The molecule has 1 aromatic carbocycles. The molecule has 94 valence electrons. The molecule has 17 heavy (non-hydrogen) atoms. The van der Waals surface area contributed by atoms with E-state index in [1.165, 1.54) is 17.7 Å². The van der Waals surface area contributed by atoms with Crippen LogP contribution in [0.3, 0.4) is 0 Å². The largest absolute Gasteiger partial charge is 0.370 e. The van der Waals surface area contributed by atoms with Gasteiger partial charge in [-0.3, -0.25) is 0 Å². The zero-order valence-corrected chi connectivity index (χ0v) is 11.1. The minimum Gasteiger partial charge on any atom is -0.370 e. The van der Waals surface area contributed by atoms with E-state index in [2.05, 4.69) is 48.2 Å². The topological polar surface area (TPSA) is 32.5 Å². The zero-order valence-electron chi connectivity index (χ0n) is 11.1. The standard InChI is InChI=1S/C14H23N3/c1-11(15)12-4-6-13(7-5-12)17-9-8-14(10-17)16(2)3/h4-7,11,14H,8-10,15H2,1-3H3/t11-,14?/m0/s1. The van der Waals surface area contributed by atoms with Gasteiger partial charge in [0.1, 0.15) is 0 Å². The first-order chi connectivity index (χ1) is 8.08. The summed E-state index contributed by atoms with van der Waals surface area (Å²) in [6, 6.07) is 9.47. The number of anilines is 1. The number of hydrogen-bond donors (Lipinski definition) is 1.